The molecule has 2 aliphatic rings. The van der Waals surface area contributed by atoms with E-state index in [2.05, 4.69) is 10.6 Å². The third kappa shape index (κ3) is 4.83. The van der Waals surface area contributed by atoms with Crippen molar-refractivity contribution in [3.8, 4) is 0 Å². The molecule has 2 amide bonds. The maximum absolute atomic E-state index is 12.7. The number of ether oxygens (including phenoxy) is 1. The second-order valence-corrected chi connectivity index (χ2v) is 7.16. The van der Waals surface area contributed by atoms with Crippen LogP contribution in [0.4, 0.5) is 5.69 Å². The maximum Gasteiger partial charge on any atom is 0.254 e. The Balaban J connectivity index is 1.59. The largest absolute Gasteiger partial charge is 0.378 e. The minimum atomic E-state index is 0.0107. The zero-order valence-electron chi connectivity index (χ0n) is 15.6. The maximum atomic E-state index is 12.7. The van der Waals surface area contributed by atoms with Crippen LogP contribution in [0.1, 0.15) is 41.6 Å². The van der Waals surface area contributed by atoms with Crippen LogP contribution in [0.2, 0.25) is 0 Å². The predicted molar refractivity (Wildman–Crippen MR) is 101 cm³/mol. The molecule has 0 atom stereocenters. The van der Waals surface area contributed by atoms with Gasteiger partial charge in [-0.1, -0.05) is 6.07 Å². The van der Waals surface area contributed by atoms with Crippen molar-refractivity contribution in [3.05, 3.63) is 29.3 Å². The van der Waals surface area contributed by atoms with Gasteiger partial charge in [0.15, 0.2) is 0 Å². The average molecular weight is 359 g/mol. The molecule has 2 N–H and O–H groups in total. The highest BCUT2D eigenvalue weighted by molar-refractivity contribution is 5.99. The zero-order valence-corrected chi connectivity index (χ0v) is 15.6. The molecule has 2 aliphatic heterocycles. The molecule has 0 aromatic heterocycles. The number of nitrogens with one attached hydrogen (secondary N) is 2. The molecule has 6 heteroatoms. The van der Waals surface area contributed by atoms with E-state index in [0.717, 1.165) is 43.6 Å². The monoisotopic (exact) mass is 359 g/mol. The molecule has 142 valence electrons. The highest BCUT2D eigenvalue weighted by Gasteiger charge is 2.21. The van der Waals surface area contributed by atoms with Crippen LogP contribution in [0, 0.1) is 12.8 Å². The molecule has 0 unspecified atom stereocenters. The van der Waals surface area contributed by atoms with Gasteiger partial charge in [-0.25, -0.2) is 0 Å². The van der Waals surface area contributed by atoms with Gasteiger partial charge in [0.25, 0.3) is 5.91 Å². The molecule has 0 aliphatic carbocycles. The lowest BCUT2D eigenvalue weighted by molar-refractivity contribution is -0.116. The Hall–Kier alpha value is -1.92. The van der Waals surface area contributed by atoms with E-state index in [1.54, 1.807) is 0 Å². The number of hydrogen-bond donors (Lipinski definition) is 2. The molecule has 6 nitrogen and oxygen atoms in total. The first-order valence-corrected chi connectivity index (χ1v) is 9.62. The smallest absolute Gasteiger partial charge is 0.254 e. The number of carbonyl (C=O) groups is 2. The summed E-state index contributed by atoms with van der Waals surface area (Å²) in [6, 6.07) is 5.54. The summed E-state index contributed by atoms with van der Waals surface area (Å²) >= 11 is 0. The summed E-state index contributed by atoms with van der Waals surface area (Å²) in [5.41, 5.74) is 2.22. The van der Waals surface area contributed by atoms with E-state index in [4.69, 9.17) is 4.74 Å². The van der Waals surface area contributed by atoms with E-state index in [1.165, 1.54) is 0 Å². The number of morpholine rings is 1. The summed E-state index contributed by atoms with van der Waals surface area (Å²) in [4.78, 5) is 26.9. The van der Waals surface area contributed by atoms with Crippen LogP contribution in [0.3, 0.4) is 0 Å². The minimum absolute atomic E-state index is 0.0107. The Labute approximate surface area is 155 Å². The summed E-state index contributed by atoms with van der Waals surface area (Å²) in [5.74, 6) is 0.677. The Bertz CT molecular complexity index is 635. The summed E-state index contributed by atoms with van der Waals surface area (Å²) in [5, 5.41) is 6.35. The van der Waals surface area contributed by atoms with Crippen molar-refractivity contribution < 1.29 is 14.3 Å². The third-order valence-electron chi connectivity index (χ3n) is 5.37. The van der Waals surface area contributed by atoms with Crippen LogP contribution in [0.15, 0.2) is 18.2 Å². The SMILES string of the molecule is Cc1c(NC(=O)CCC2CCNCC2)cccc1C(=O)N1CCOCC1. The van der Waals surface area contributed by atoms with E-state index in [1.807, 2.05) is 30.0 Å². The number of rotatable bonds is 5. The van der Waals surface area contributed by atoms with E-state index in [0.29, 0.717) is 44.2 Å². The van der Waals surface area contributed by atoms with Crippen LogP contribution in [0.25, 0.3) is 0 Å². The third-order valence-corrected chi connectivity index (χ3v) is 5.37. The van der Waals surface area contributed by atoms with Crippen molar-refractivity contribution in [1.29, 1.82) is 0 Å². The summed E-state index contributed by atoms with van der Waals surface area (Å²) in [6.45, 7) is 6.40. The highest BCUT2D eigenvalue weighted by atomic mass is 16.5. The highest BCUT2D eigenvalue weighted by Crippen LogP contribution is 2.22. The molecule has 1 aromatic carbocycles. The molecular formula is C20H29N3O3. The standard InChI is InChI=1S/C20H29N3O3/c1-15-17(20(25)23-11-13-26-14-12-23)3-2-4-18(15)22-19(24)6-5-16-7-9-21-10-8-16/h2-4,16,21H,5-14H2,1H3,(H,22,24). The number of nitrogens with zero attached hydrogens (tertiary/aromatic N) is 1. The molecule has 2 heterocycles. The topological polar surface area (TPSA) is 70.7 Å². The summed E-state index contributed by atoms with van der Waals surface area (Å²) in [7, 11) is 0. The van der Waals surface area contributed by atoms with Crippen molar-refractivity contribution in [2.24, 2.45) is 5.92 Å². The molecule has 0 spiro atoms. The predicted octanol–water partition coefficient (Wildman–Crippen LogP) is 2.19. The van der Waals surface area contributed by atoms with Crippen LogP contribution in [-0.4, -0.2) is 56.1 Å². The van der Waals surface area contributed by atoms with Gasteiger partial charge in [-0.3, -0.25) is 9.59 Å². The lowest BCUT2D eigenvalue weighted by atomic mass is 9.93. The van der Waals surface area contributed by atoms with Crippen molar-refractivity contribution >= 4 is 17.5 Å². The molecule has 0 saturated carbocycles. The first-order valence-electron chi connectivity index (χ1n) is 9.62. The van der Waals surface area contributed by atoms with Gasteiger partial charge in [-0.2, -0.15) is 0 Å². The van der Waals surface area contributed by atoms with Crippen LogP contribution < -0.4 is 10.6 Å². The fourth-order valence-electron chi connectivity index (χ4n) is 3.66. The fourth-order valence-corrected chi connectivity index (χ4v) is 3.66. The molecule has 2 saturated heterocycles. The van der Waals surface area contributed by atoms with Crippen molar-refractivity contribution in [3.63, 3.8) is 0 Å². The Kier molecular flexibility index (Phi) is 6.63. The summed E-state index contributed by atoms with van der Waals surface area (Å²) < 4.78 is 5.31. The number of amides is 2. The molecule has 3 rings (SSSR count). The average Bonchev–Trinajstić information content (AvgIpc) is 2.69. The van der Waals surface area contributed by atoms with E-state index >= 15 is 0 Å². The molecule has 0 radical (unpaired) electrons. The second-order valence-electron chi connectivity index (χ2n) is 7.16. The zero-order chi connectivity index (χ0) is 18.4. The molecule has 0 bridgehead atoms. The van der Waals surface area contributed by atoms with Crippen molar-refractivity contribution in [2.75, 3.05) is 44.7 Å². The van der Waals surface area contributed by atoms with Gasteiger partial charge in [0.05, 0.1) is 13.2 Å². The molecular weight excluding hydrogens is 330 g/mol. The van der Waals surface area contributed by atoms with Gasteiger partial charge in [0.2, 0.25) is 5.91 Å². The van der Waals surface area contributed by atoms with Gasteiger partial charge < -0.3 is 20.3 Å². The van der Waals surface area contributed by atoms with Crippen LogP contribution >= 0.6 is 0 Å². The van der Waals surface area contributed by atoms with E-state index < -0.39 is 0 Å². The number of carbonyl (C=O) groups excluding carboxylic acids is 2. The normalized spacial score (nSPS) is 18.6. The van der Waals surface area contributed by atoms with Gasteiger partial charge in [0.1, 0.15) is 0 Å². The first-order chi connectivity index (χ1) is 12.6. The Morgan fingerprint density at radius 1 is 1.23 bits per heavy atom. The number of anilines is 1. The van der Waals surface area contributed by atoms with E-state index in [-0.39, 0.29) is 11.8 Å². The lowest BCUT2D eigenvalue weighted by Gasteiger charge is -2.27. The van der Waals surface area contributed by atoms with Crippen molar-refractivity contribution in [1.82, 2.24) is 10.2 Å². The van der Waals surface area contributed by atoms with Crippen molar-refractivity contribution in [2.45, 2.75) is 32.6 Å². The van der Waals surface area contributed by atoms with Crippen LogP contribution in [0.5, 0.6) is 0 Å². The minimum Gasteiger partial charge on any atom is -0.378 e. The molecule has 26 heavy (non-hydrogen) atoms. The Morgan fingerprint density at radius 3 is 2.69 bits per heavy atom. The van der Waals surface area contributed by atoms with Gasteiger partial charge in [-0.15, -0.1) is 0 Å². The first kappa shape index (κ1) is 18.9. The summed E-state index contributed by atoms with van der Waals surface area (Å²) in [6.07, 6.45) is 3.76. The van der Waals surface area contributed by atoms with E-state index in [9.17, 15) is 9.59 Å². The molecule has 1 aromatic rings. The molecule has 2 fully saturated rings. The van der Waals surface area contributed by atoms with Crippen LogP contribution in [-0.2, 0) is 9.53 Å². The van der Waals surface area contributed by atoms with Gasteiger partial charge in [0, 0.05) is 30.8 Å². The number of benzene rings is 1. The van der Waals surface area contributed by atoms with Gasteiger partial charge in [-0.05, 0) is 62.9 Å². The fraction of sp³-hybridized carbons (Fsp3) is 0.600. The second kappa shape index (κ2) is 9.14. The quantitative estimate of drug-likeness (QED) is 0.845. The lowest BCUT2D eigenvalue weighted by Crippen LogP contribution is -2.41. The Morgan fingerprint density at radius 2 is 1.96 bits per heavy atom. The number of piperidine rings is 1. The van der Waals surface area contributed by atoms with Gasteiger partial charge >= 0.3 is 0 Å². The number of hydrogen-bond acceptors (Lipinski definition) is 4.